The summed E-state index contributed by atoms with van der Waals surface area (Å²) in [6, 6.07) is 9.76. The van der Waals surface area contributed by atoms with Gasteiger partial charge in [0.25, 0.3) is 5.56 Å². The number of rotatable bonds is 3. The average molecular weight is 297 g/mol. The summed E-state index contributed by atoms with van der Waals surface area (Å²) in [6.45, 7) is 3.86. The zero-order valence-corrected chi connectivity index (χ0v) is 12.5. The zero-order valence-electron chi connectivity index (χ0n) is 12.5. The molecule has 22 heavy (non-hydrogen) atoms. The molecule has 1 aromatic carbocycles. The lowest BCUT2D eigenvalue weighted by molar-refractivity contribution is 0.517. The first-order valence-electron chi connectivity index (χ1n) is 7.13. The lowest BCUT2D eigenvalue weighted by atomic mass is 10.1. The lowest BCUT2D eigenvalue weighted by Gasteiger charge is -2.15. The fraction of sp³-hybridized carbons (Fsp3) is 0.235. The molecule has 0 aliphatic heterocycles. The van der Waals surface area contributed by atoms with E-state index in [0.29, 0.717) is 17.3 Å². The van der Waals surface area contributed by atoms with Crippen LogP contribution in [0.4, 0.5) is 4.39 Å². The molecule has 0 bridgehead atoms. The maximum atomic E-state index is 13.4. The molecule has 3 rings (SSSR count). The zero-order chi connectivity index (χ0) is 15.7. The highest BCUT2D eigenvalue weighted by Gasteiger charge is 2.12. The van der Waals surface area contributed by atoms with Crippen LogP contribution in [0.5, 0.6) is 0 Å². The largest absolute Gasteiger partial charge is 0.295 e. The third-order valence-electron chi connectivity index (χ3n) is 3.67. The van der Waals surface area contributed by atoms with E-state index < -0.39 is 5.82 Å². The number of hydrogen-bond acceptors (Lipinski definition) is 3. The van der Waals surface area contributed by atoms with E-state index >= 15 is 0 Å². The molecule has 0 aliphatic rings. The van der Waals surface area contributed by atoms with Crippen molar-refractivity contribution in [2.45, 2.75) is 26.3 Å². The van der Waals surface area contributed by atoms with Crippen molar-refractivity contribution in [3.63, 3.8) is 0 Å². The van der Waals surface area contributed by atoms with Crippen LogP contribution in [0, 0.1) is 12.7 Å². The summed E-state index contributed by atoms with van der Waals surface area (Å²) in [5.74, 6) is -0.433. The van der Waals surface area contributed by atoms with Crippen molar-refractivity contribution in [1.29, 1.82) is 0 Å². The van der Waals surface area contributed by atoms with Crippen LogP contribution in [-0.2, 0) is 6.42 Å². The molecule has 0 unspecified atom stereocenters. The van der Waals surface area contributed by atoms with Gasteiger partial charge in [-0.05, 0) is 44.2 Å². The highest BCUT2D eigenvalue weighted by Crippen LogP contribution is 2.14. The molecule has 0 radical (unpaired) electrons. The van der Waals surface area contributed by atoms with Crippen LogP contribution in [-0.4, -0.2) is 14.5 Å². The monoisotopic (exact) mass is 297 g/mol. The third kappa shape index (κ3) is 2.74. The molecular formula is C17H16FN3O. The number of pyridine rings is 1. The van der Waals surface area contributed by atoms with Gasteiger partial charge in [-0.3, -0.25) is 14.3 Å². The molecule has 1 atom stereocenters. The van der Waals surface area contributed by atoms with Gasteiger partial charge in [0, 0.05) is 23.9 Å². The quantitative estimate of drug-likeness (QED) is 0.746. The normalized spacial score (nSPS) is 12.5. The van der Waals surface area contributed by atoms with E-state index in [4.69, 9.17) is 0 Å². The molecule has 0 saturated heterocycles. The van der Waals surface area contributed by atoms with Crippen LogP contribution in [0.15, 0.2) is 47.5 Å². The Balaban J connectivity index is 1.99. The van der Waals surface area contributed by atoms with Gasteiger partial charge in [0.05, 0.1) is 17.2 Å². The Morgan fingerprint density at radius 1 is 1.27 bits per heavy atom. The number of benzene rings is 1. The number of fused-ring (bicyclic) bond motifs is 1. The average Bonchev–Trinajstić information content (AvgIpc) is 2.48. The van der Waals surface area contributed by atoms with Gasteiger partial charge in [0.15, 0.2) is 0 Å². The summed E-state index contributed by atoms with van der Waals surface area (Å²) in [7, 11) is 0. The Morgan fingerprint density at radius 3 is 2.86 bits per heavy atom. The Labute approximate surface area is 127 Å². The van der Waals surface area contributed by atoms with Gasteiger partial charge in [-0.15, -0.1) is 0 Å². The Kier molecular flexibility index (Phi) is 3.71. The third-order valence-corrected chi connectivity index (χ3v) is 3.67. The first kappa shape index (κ1) is 14.4. The highest BCUT2D eigenvalue weighted by molar-refractivity contribution is 5.77. The first-order chi connectivity index (χ1) is 10.5. The van der Waals surface area contributed by atoms with E-state index in [9.17, 15) is 9.18 Å². The number of aryl methyl sites for hydroxylation is 1. The molecule has 0 N–H and O–H groups in total. The summed E-state index contributed by atoms with van der Waals surface area (Å²) in [5, 5.41) is 0.298. The first-order valence-corrected chi connectivity index (χ1v) is 7.13. The molecule has 0 spiro atoms. The summed E-state index contributed by atoms with van der Waals surface area (Å²) in [4.78, 5) is 21.2. The summed E-state index contributed by atoms with van der Waals surface area (Å²) in [5.41, 5.74) is 2.13. The van der Waals surface area contributed by atoms with E-state index in [1.54, 1.807) is 0 Å². The second-order valence-corrected chi connectivity index (χ2v) is 5.44. The molecule has 3 aromatic rings. The molecule has 2 heterocycles. The fourth-order valence-corrected chi connectivity index (χ4v) is 2.54. The van der Waals surface area contributed by atoms with Crippen molar-refractivity contribution < 1.29 is 4.39 Å². The minimum Gasteiger partial charge on any atom is -0.295 e. The molecule has 5 heteroatoms. The Hall–Kier alpha value is -2.56. The van der Waals surface area contributed by atoms with Gasteiger partial charge in [-0.2, -0.15) is 0 Å². The molecule has 2 aromatic heterocycles. The number of nitrogens with zero attached hydrogens (tertiary/aromatic N) is 3. The van der Waals surface area contributed by atoms with E-state index in [2.05, 4.69) is 9.97 Å². The molecule has 0 fully saturated rings. The van der Waals surface area contributed by atoms with Crippen molar-refractivity contribution >= 4 is 10.9 Å². The van der Waals surface area contributed by atoms with Crippen molar-refractivity contribution in [3.05, 3.63) is 70.3 Å². The van der Waals surface area contributed by atoms with Crippen LogP contribution < -0.4 is 5.56 Å². The van der Waals surface area contributed by atoms with Crippen LogP contribution in [0.3, 0.4) is 0 Å². The molecule has 0 aliphatic carbocycles. The number of halogens is 1. The fourth-order valence-electron chi connectivity index (χ4n) is 2.54. The molecule has 112 valence electrons. The summed E-state index contributed by atoms with van der Waals surface area (Å²) in [6.07, 6.45) is 2.13. The van der Waals surface area contributed by atoms with Gasteiger partial charge in [0.2, 0.25) is 0 Å². The highest BCUT2D eigenvalue weighted by atomic mass is 19.1. The van der Waals surface area contributed by atoms with E-state index in [-0.39, 0.29) is 11.6 Å². The second kappa shape index (κ2) is 5.67. The SMILES string of the molecule is Cc1cccc(C[C@@H](C)n2cnc3ccc(F)cc3c2=O)n1. The number of aromatic nitrogens is 3. The van der Waals surface area contributed by atoms with Crippen LogP contribution in [0.25, 0.3) is 10.9 Å². The van der Waals surface area contributed by atoms with Crippen molar-refractivity contribution in [2.75, 3.05) is 0 Å². The Bertz CT molecular complexity index is 888. The minimum absolute atomic E-state index is 0.109. The lowest BCUT2D eigenvalue weighted by Crippen LogP contribution is -2.25. The number of hydrogen-bond donors (Lipinski definition) is 0. The molecule has 0 amide bonds. The van der Waals surface area contributed by atoms with Gasteiger partial charge >= 0.3 is 0 Å². The maximum absolute atomic E-state index is 13.4. The van der Waals surface area contributed by atoms with Gasteiger partial charge in [0.1, 0.15) is 5.82 Å². The van der Waals surface area contributed by atoms with Crippen LogP contribution in [0.1, 0.15) is 24.4 Å². The van der Waals surface area contributed by atoms with Crippen LogP contribution >= 0.6 is 0 Å². The van der Waals surface area contributed by atoms with Gasteiger partial charge in [-0.1, -0.05) is 6.07 Å². The van der Waals surface area contributed by atoms with Gasteiger partial charge < -0.3 is 0 Å². The standard InChI is InChI=1S/C17H16FN3O/c1-11-4-3-5-14(20-11)8-12(2)21-10-19-16-7-6-13(18)9-15(16)17(21)22/h3-7,9-10,12H,8H2,1-2H3/t12-/m1/s1. The minimum atomic E-state index is -0.433. The topological polar surface area (TPSA) is 47.8 Å². The van der Waals surface area contributed by atoms with E-state index in [0.717, 1.165) is 11.4 Å². The van der Waals surface area contributed by atoms with Gasteiger partial charge in [-0.25, -0.2) is 9.37 Å². The Morgan fingerprint density at radius 2 is 2.09 bits per heavy atom. The summed E-state index contributed by atoms with van der Waals surface area (Å²) >= 11 is 0. The van der Waals surface area contributed by atoms with Crippen molar-refractivity contribution in [1.82, 2.24) is 14.5 Å². The van der Waals surface area contributed by atoms with Crippen LogP contribution in [0.2, 0.25) is 0 Å². The smallest absolute Gasteiger partial charge is 0.261 e. The predicted octanol–water partition coefficient (Wildman–Crippen LogP) is 3.04. The maximum Gasteiger partial charge on any atom is 0.261 e. The van der Waals surface area contributed by atoms with Crippen molar-refractivity contribution in [2.24, 2.45) is 0 Å². The molecule has 4 nitrogen and oxygen atoms in total. The molecule has 0 saturated carbocycles. The summed E-state index contributed by atoms with van der Waals surface area (Å²) < 4.78 is 14.9. The predicted molar refractivity (Wildman–Crippen MR) is 83.4 cm³/mol. The second-order valence-electron chi connectivity index (χ2n) is 5.44. The van der Waals surface area contributed by atoms with Crippen molar-refractivity contribution in [3.8, 4) is 0 Å². The molecular weight excluding hydrogens is 281 g/mol. The van der Waals surface area contributed by atoms with E-state index in [1.165, 1.54) is 29.1 Å². The van der Waals surface area contributed by atoms with E-state index in [1.807, 2.05) is 32.0 Å².